The summed E-state index contributed by atoms with van der Waals surface area (Å²) in [4.78, 5) is 32.2. The standard InChI is InChI=1S/C22H21N5O2S/c1-15(20(28)23-13-12-16-8-4-2-5-9-16)30-22-25-19-18(21(29)26-22)14-24-27(19)17-10-6-3-7-11-17/h2-11,14-15H,12-13H2,1H3,(H,23,28)(H,25,26,29)/t15-/m1/s1. The van der Waals surface area contributed by atoms with E-state index in [9.17, 15) is 9.59 Å². The van der Waals surface area contributed by atoms with Crippen molar-refractivity contribution in [2.75, 3.05) is 6.54 Å². The Bertz CT molecular complexity index is 1200. The van der Waals surface area contributed by atoms with Crippen molar-refractivity contribution >= 4 is 28.7 Å². The van der Waals surface area contributed by atoms with Gasteiger partial charge < -0.3 is 10.3 Å². The highest BCUT2D eigenvalue weighted by Crippen LogP contribution is 2.21. The number of H-pyrrole nitrogens is 1. The molecule has 152 valence electrons. The number of hydrogen-bond donors (Lipinski definition) is 2. The third kappa shape index (κ3) is 4.44. The molecule has 2 aromatic heterocycles. The van der Waals surface area contributed by atoms with E-state index in [0.29, 0.717) is 22.7 Å². The fourth-order valence-electron chi connectivity index (χ4n) is 3.05. The number of fused-ring (bicyclic) bond motifs is 1. The monoisotopic (exact) mass is 419 g/mol. The first-order valence-corrected chi connectivity index (χ1v) is 10.5. The second kappa shape index (κ2) is 8.96. The molecule has 7 nitrogen and oxygen atoms in total. The van der Waals surface area contributed by atoms with Crippen molar-refractivity contribution in [3.05, 3.63) is 82.8 Å². The molecule has 0 fully saturated rings. The molecule has 0 aliphatic carbocycles. The SMILES string of the molecule is C[C@@H](Sc1nc2c(cnn2-c2ccccc2)c(=O)[nH]1)C(=O)NCCc1ccccc1. The summed E-state index contributed by atoms with van der Waals surface area (Å²) < 4.78 is 1.62. The lowest BCUT2D eigenvalue weighted by molar-refractivity contribution is -0.120. The first-order chi connectivity index (χ1) is 14.6. The molecule has 0 saturated carbocycles. The van der Waals surface area contributed by atoms with Crippen LogP contribution in [0, 0.1) is 0 Å². The van der Waals surface area contributed by atoms with Crippen LogP contribution < -0.4 is 10.9 Å². The Labute approximate surface area is 177 Å². The van der Waals surface area contributed by atoms with E-state index in [0.717, 1.165) is 12.1 Å². The smallest absolute Gasteiger partial charge is 0.262 e. The maximum atomic E-state index is 12.5. The van der Waals surface area contributed by atoms with Crippen LogP contribution in [0.2, 0.25) is 0 Å². The lowest BCUT2D eigenvalue weighted by Gasteiger charge is -2.11. The molecular weight excluding hydrogens is 398 g/mol. The van der Waals surface area contributed by atoms with Gasteiger partial charge >= 0.3 is 0 Å². The van der Waals surface area contributed by atoms with Crippen molar-refractivity contribution in [2.45, 2.75) is 23.8 Å². The summed E-state index contributed by atoms with van der Waals surface area (Å²) in [5.74, 6) is -0.102. The van der Waals surface area contributed by atoms with Crippen LogP contribution in [0.5, 0.6) is 0 Å². The Morgan fingerprint density at radius 3 is 2.57 bits per heavy atom. The predicted octanol–water partition coefficient (Wildman–Crippen LogP) is 2.95. The number of aromatic nitrogens is 4. The molecule has 0 aliphatic heterocycles. The molecule has 2 N–H and O–H groups in total. The fourth-order valence-corrected chi connectivity index (χ4v) is 3.87. The number of carbonyl (C=O) groups is 1. The topological polar surface area (TPSA) is 92.7 Å². The van der Waals surface area contributed by atoms with Crippen molar-refractivity contribution < 1.29 is 4.79 Å². The minimum atomic E-state index is -0.408. The summed E-state index contributed by atoms with van der Waals surface area (Å²) in [7, 11) is 0. The molecule has 1 atom stereocenters. The first kappa shape index (κ1) is 19.9. The van der Waals surface area contributed by atoms with Gasteiger partial charge in [0, 0.05) is 6.54 Å². The second-order valence-corrected chi connectivity index (χ2v) is 8.12. The number of nitrogens with one attached hydrogen (secondary N) is 2. The molecule has 1 amide bonds. The Morgan fingerprint density at radius 1 is 1.13 bits per heavy atom. The predicted molar refractivity (Wildman–Crippen MR) is 118 cm³/mol. The number of thioether (sulfide) groups is 1. The summed E-state index contributed by atoms with van der Waals surface area (Å²) in [6.45, 7) is 2.35. The van der Waals surface area contributed by atoms with Gasteiger partial charge in [-0.3, -0.25) is 9.59 Å². The molecule has 4 aromatic rings. The van der Waals surface area contributed by atoms with Crippen molar-refractivity contribution in [3.8, 4) is 5.69 Å². The van der Waals surface area contributed by atoms with Crippen LogP contribution in [0.4, 0.5) is 0 Å². The Hall–Kier alpha value is -3.39. The van der Waals surface area contributed by atoms with E-state index in [1.807, 2.05) is 60.7 Å². The maximum absolute atomic E-state index is 12.5. The van der Waals surface area contributed by atoms with Gasteiger partial charge in [0.05, 0.1) is 17.1 Å². The van der Waals surface area contributed by atoms with Gasteiger partial charge in [0.1, 0.15) is 5.39 Å². The zero-order valence-corrected chi connectivity index (χ0v) is 17.2. The minimum absolute atomic E-state index is 0.102. The number of benzene rings is 2. The highest BCUT2D eigenvalue weighted by Gasteiger charge is 2.18. The van der Waals surface area contributed by atoms with Crippen LogP contribution in [0.25, 0.3) is 16.7 Å². The Morgan fingerprint density at radius 2 is 1.83 bits per heavy atom. The van der Waals surface area contributed by atoms with E-state index in [1.54, 1.807) is 11.6 Å². The van der Waals surface area contributed by atoms with Gasteiger partial charge in [0.2, 0.25) is 5.91 Å². The van der Waals surface area contributed by atoms with Gasteiger partial charge in [-0.25, -0.2) is 9.67 Å². The molecule has 0 aliphatic rings. The fraction of sp³-hybridized carbons (Fsp3) is 0.182. The number of nitrogens with zero attached hydrogens (tertiary/aromatic N) is 3. The summed E-state index contributed by atoms with van der Waals surface area (Å²) in [5, 5.41) is 7.62. The quantitative estimate of drug-likeness (QED) is 0.355. The Balaban J connectivity index is 1.46. The van der Waals surface area contributed by atoms with Crippen molar-refractivity contribution in [2.24, 2.45) is 0 Å². The molecular formula is C22H21N5O2S. The maximum Gasteiger partial charge on any atom is 0.262 e. The van der Waals surface area contributed by atoms with Gasteiger partial charge in [-0.15, -0.1) is 0 Å². The van der Waals surface area contributed by atoms with E-state index >= 15 is 0 Å². The van der Waals surface area contributed by atoms with Gasteiger partial charge in [-0.2, -0.15) is 5.10 Å². The molecule has 0 bridgehead atoms. The average Bonchev–Trinajstić information content (AvgIpc) is 3.19. The molecule has 8 heteroatoms. The molecule has 0 spiro atoms. The number of carbonyl (C=O) groups excluding carboxylic acids is 1. The molecule has 0 unspecified atom stereocenters. The van der Waals surface area contributed by atoms with Crippen LogP contribution in [0.3, 0.4) is 0 Å². The summed E-state index contributed by atoms with van der Waals surface area (Å²) in [5.41, 5.74) is 2.17. The van der Waals surface area contributed by atoms with Crippen LogP contribution in [-0.4, -0.2) is 37.5 Å². The molecule has 2 heterocycles. The van der Waals surface area contributed by atoms with Gasteiger partial charge in [-0.1, -0.05) is 60.3 Å². The molecule has 0 radical (unpaired) electrons. The molecule has 4 rings (SSSR count). The highest BCUT2D eigenvalue weighted by molar-refractivity contribution is 8.00. The van der Waals surface area contributed by atoms with Gasteiger partial charge in [0.15, 0.2) is 10.8 Å². The summed E-state index contributed by atoms with van der Waals surface area (Å²) in [6.07, 6.45) is 2.27. The average molecular weight is 420 g/mol. The third-order valence-electron chi connectivity index (χ3n) is 4.63. The number of para-hydroxylation sites is 1. The number of amides is 1. The number of aromatic amines is 1. The third-order valence-corrected chi connectivity index (χ3v) is 5.61. The lowest BCUT2D eigenvalue weighted by atomic mass is 10.1. The van der Waals surface area contributed by atoms with Crippen molar-refractivity contribution in [1.82, 2.24) is 25.1 Å². The van der Waals surface area contributed by atoms with Crippen molar-refractivity contribution in [1.29, 1.82) is 0 Å². The zero-order valence-electron chi connectivity index (χ0n) is 16.4. The van der Waals surface area contributed by atoms with E-state index in [4.69, 9.17) is 0 Å². The van der Waals surface area contributed by atoms with Gasteiger partial charge in [-0.05, 0) is 31.0 Å². The normalized spacial score (nSPS) is 12.0. The van der Waals surface area contributed by atoms with Crippen LogP contribution in [-0.2, 0) is 11.2 Å². The summed E-state index contributed by atoms with van der Waals surface area (Å²) in [6, 6.07) is 19.5. The minimum Gasteiger partial charge on any atom is -0.355 e. The Kier molecular flexibility index (Phi) is 5.94. The van der Waals surface area contributed by atoms with E-state index in [1.165, 1.54) is 23.5 Å². The van der Waals surface area contributed by atoms with E-state index in [-0.39, 0.29) is 11.5 Å². The van der Waals surface area contributed by atoms with Crippen molar-refractivity contribution in [3.63, 3.8) is 0 Å². The van der Waals surface area contributed by atoms with Gasteiger partial charge in [0.25, 0.3) is 5.56 Å². The second-order valence-electron chi connectivity index (χ2n) is 6.79. The van der Waals surface area contributed by atoms with E-state index in [2.05, 4.69) is 20.4 Å². The first-order valence-electron chi connectivity index (χ1n) is 9.63. The number of rotatable bonds is 7. The van der Waals surface area contributed by atoms with Crippen LogP contribution in [0.1, 0.15) is 12.5 Å². The molecule has 0 saturated heterocycles. The lowest BCUT2D eigenvalue weighted by Crippen LogP contribution is -2.32. The zero-order chi connectivity index (χ0) is 20.9. The molecule has 2 aromatic carbocycles. The van der Waals surface area contributed by atoms with E-state index < -0.39 is 5.25 Å². The summed E-state index contributed by atoms with van der Waals surface area (Å²) >= 11 is 1.21. The largest absolute Gasteiger partial charge is 0.355 e. The molecule has 30 heavy (non-hydrogen) atoms. The van der Waals surface area contributed by atoms with Crippen LogP contribution >= 0.6 is 11.8 Å². The van der Waals surface area contributed by atoms with Crippen LogP contribution in [0.15, 0.2) is 76.8 Å². The highest BCUT2D eigenvalue weighted by atomic mass is 32.2. The number of hydrogen-bond acceptors (Lipinski definition) is 5.